The Morgan fingerprint density at radius 1 is 1.10 bits per heavy atom. The van der Waals surface area contributed by atoms with Gasteiger partial charge in [0.05, 0.1) is 5.02 Å². The summed E-state index contributed by atoms with van der Waals surface area (Å²) < 4.78 is 13.2. The van der Waals surface area contributed by atoms with Crippen LogP contribution in [0.25, 0.3) is 11.1 Å². The monoisotopic (exact) mass is 291 g/mol. The average Bonchev–Trinajstić information content (AvgIpc) is 2.48. The molecule has 20 heavy (non-hydrogen) atoms. The van der Waals surface area contributed by atoms with Crippen molar-refractivity contribution in [2.45, 2.75) is 26.3 Å². The van der Waals surface area contributed by atoms with E-state index in [2.05, 4.69) is 31.3 Å². The van der Waals surface area contributed by atoms with Crippen molar-refractivity contribution in [3.8, 4) is 11.1 Å². The quantitative estimate of drug-likeness (QED) is 0.797. The summed E-state index contributed by atoms with van der Waals surface area (Å²) in [6.07, 6.45) is 1.12. The first-order valence-corrected chi connectivity index (χ1v) is 7.28. The maximum Gasteiger partial charge on any atom is 0.141 e. The standard InChI is InChI=1S/C17H19ClFN/c1-3-10-20-12(2)13-4-6-14(7-5-13)15-8-9-17(19)16(18)11-15/h4-9,11-12,20H,3,10H2,1-2H3. The predicted molar refractivity (Wildman–Crippen MR) is 83.6 cm³/mol. The number of halogens is 2. The third-order valence-corrected chi connectivity index (χ3v) is 3.65. The van der Waals surface area contributed by atoms with Gasteiger partial charge in [-0.1, -0.05) is 48.9 Å². The molecule has 3 heteroatoms. The van der Waals surface area contributed by atoms with Crippen LogP contribution in [0.2, 0.25) is 5.02 Å². The minimum absolute atomic E-state index is 0.157. The summed E-state index contributed by atoms with van der Waals surface area (Å²) in [7, 11) is 0. The van der Waals surface area contributed by atoms with E-state index >= 15 is 0 Å². The van der Waals surface area contributed by atoms with Crippen molar-refractivity contribution >= 4 is 11.6 Å². The van der Waals surface area contributed by atoms with Crippen LogP contribution in [0.1, 0.15) is 31.9 Å². The molecule has 0 aromatic heterocycles. The number of benzene rings is 2. The molecule has 0 radical (unpaired) electrons. The first-order valence-electron chi connectivity index (χ1n) is 6.90. The number of rotatable bonds is 5. The van der Waals surface area contributed by atoms with Gasteiger partial charge in [-0.3, -0.25) is 0 Å². The second-order valence-corrected chi connectivity index (χ2v) is 5.33. The highest BCUT2D eigenvalue weighted by molar-refractivity contribution is 6.31. The second-order valence-electron chi connectivity index (χ2n) is 4.93. The highest BCUT2D eigenvalue weighted by Gasteiger charge is 2.06. The van der Waals surface area contributed by atoms with E-state index < -0.39 is 0 Å². The Hall–Kier alpha value is -1.38. The third-order valence-electron chi connectivity index (χ3n) is 3.36. The van der Waals surface area contributed by atoms with E-state index in [1.807, 2.05) is 12.1 Å². The topological polar surface area (TPSA) is 12.0 Å². The minimum atomic E-state index is -0.385. The zero-order valence-corrected chi connectivity index (χ0v) is 12.5. The molecular formula is C17H19ClFN. The summed E-state index contributed by atoms with van der Waals surface area (Å²) in [5, 5.41) is 3.61. The molecule has 2 aromatic rings. The lowest BCUT2D eigenvalue weighted by atomic mass is 10.0. The Balaban J connectivity index is 2.17. The molecule has 0 spiro atoms. The lowest BCUT2D eigenvalue weighted by molar-refractivity contribution is 0.571. The van der Waals surface area contributed by atoms with Crippen molar-refractivity contribution < 1.29 is 4.39 Å². The van der Waals surface area contributed by atoms with Crippen molar-refractivity contribution in [3.05, 3.63) is 58.9 Å². The minimum Gasteiger partial charge on any atom is -0.310 e. The van der Waals surface area contributed by atoms with Gasteiger partial charge in [0.15, 0.2) is 0 Å². The van der Waals surface area contributed by atoms with Gasteiger partial charge in [-0.25, -0.2) is 4.39 Å². The molecule has 0 amide bonds. The van der Waals surface area contributed by atoms with Gasteiger partial charge in [-0.15, -0.1) is 0 Å². The lowest BCUT2D eigenvalue weighted by Gasteiger charge is -2.14. The van der Waals surface area contributed by atoms with E-state index in [0.717, 1.165) is 24.1 Å². The van der Waals surface area contributed by atoms with Gasteiger partial charge >= 0.3 is 0 Å². The molecule has 0 saturated carbocycles. The van der Waals surface area contributed by atoms with Crippen molar-refractivity contribution in [3.63, 3.8) is 0 Å². The zero-order valence-electron chi connectivity index (χ0n) is 11.8. The Labute approximate surface area is 124 Å². The fourth-order valence-electron chi connectivity index (χ4n) is 2.12. The smallest absolute Gasteiger partial charge is 0.141 e. The van der Waals surface area contributed by atoms with E-state index in [1.54, 1.807) is 12.1 Å². The number of hydrogen-bond donors (Lipinski definition) is 1. The Morgan fingerprint density at radius 3 is 2.35 bits per heavy atom. The van der Waals surface area contributed by atoms with Gasteiger partial charge in [-0.2, -0.15) is 0 Å². The van der Waals surface area contributed by atoms with Crippen molar-refractivity contribution in [1.82, 2.24) is 5.32 Å². The van der Waals surface area contributed by atoms with Crippen LogP contribution in [-0.2, 0) is 0 Å². The summed E-state index contributed by atoms with van der Waals surface area (Å²) in [4.78, 5) is 0. The summed E-state index contributed by atoms with van der Waals surface area (Å²) in [6, 6.07) is 13.4. The highest BCUT2D eigenvalue weighted by Crippen LogP contribution is 2.26. The SMILES string of the molecule is CCCNC(C)c1ccc(-c2ccc(F)c(Cl)c2)cc1. The van der Waals surface area contributed by atoms with Crippen molar-refractivity contribution in [2.24, 2.45) is 0 Å². The fourth-order valence-corrected chi connectivity index (χ4v) is 2.30. The normalized spacial score (nSPS) is 12.4. The Bertz CT molecular complexity index is 566. The molecule has 1 unspecified atom stereocenters. The maximum atomic E-state index is 13.2. The molecule has 1 atom stereocenters. The first kappa shape index (κ1) is 15.0. The van der Waals surface area contributed by atoms with E-state index in [-0.39, 0.29) is 10.8 Å². The van der Waals surface area contributed by atoms with Gasteiger partial charge in [0.25, 0.3) is 0 Å². The molecule has 0 heterocycles. The van der Waals surface area contributed by atoms with Crippen LogP contribution in [0.3, 0.4) is 0 Å². The molecule has 1 N–H and O–H groups in total. The van der Waals surface area contributed by atoms with Gasteiger partial charge < -0.3 is 5.32 Å². The second kappa shape index (κ2) is 6.87. The van der Waals surface area contributed by atoms with Crippen LogP contribution in [0.15, 0.2) is 42.5 Å². The van der Waals surface area contributed by atoms with E-state index in [1.165, 1.54) is 11.6 Å². The van der Waals surface area contributed by atoms with Gasteiger partial charge in [0, 0.05) is 6.04 Å². The van der Waals surface area contributed by atoms with Crippen LogP contribution >= 0.6 is 11.6 Å². The largest absolute Gasteiger partial charge is 0.310 e. The molecule has 0 aliphatic heterocycles. The summed E-state index contributed by atoms with van der Waals surface area (Å²) in [6.45, 7) is 5.32. The number of nitrogens with one attached hydrogen (secondary N) is 1. The van der Waals surface area contributed by atoms with Crippen LogP contribution in [0.5, 0.6) is 0 Å². The number of hydrogen-bond acceptors (Lipinski definition) is 1. The van der Waals surface area contributed by atoms with E-state index in [4.69, 9.17) is 11.6 Å². The van der Waals surface area contributed by atoms with Crippen molar-refractivity contribution in [2.75, 3.05) is 6.54 Å². The molecule has 0 aliphatic rings. The molecule has 0 aliphatic carbocycles. The van der Waals surface area contributed by atoms with Crippen LogP contribution in [-0.4, -0.2) is 6.54 Å². The van der Waals surface area contributed by atoms with Crippen LogP contribution in [0, 0.1) is 5.82 Å². The molecule has 0 bridgehead atoms. The molecule has 2 rings (SSSR count). The molecule has 1 nitrogen and oxygen atoms in total. The van der Waals surface area contributed by atoms with Crippen molar-refractivity contribution in [1.29, 1.82) is 0 Å². The lowest BCUT2D eigenvalue weighted by Crippen LogP contribution is -2.19. The molecular weight excluding hydrogens is 273 g/mol. The Morgan fingerprint density at radius 2 is 1.75 bits per heavy atom. The third kappa shape index (κ3) is 3.59. The molecule has 2 aromatic carbocycles. The maximum absolute atomic E-state index is 13.2. The molecule has 0 saturated heterocycles. The average molecular weight is 292 g/mol. The van der Waals surface area contributed by atoms with Gasteiger partial charge in [-0.05, 0) is 48.7 Å². The zero-order chi connectivity index (χ0) is 14.5. The predicted octanol–water partition coefficient (Wildman–Crippen LogP) is 5.21. The van der Waals surface area contributed by atoms with Gasteiger partial charge in [0.2, 0.25) is 0 Å². The summed E-state index contributed by atoms with van der Waals surface area (Å²) in [5.74, 6) is -0.385. The van der Waals surface area contributed by atoms with Crippen LogP contribution in [0.4, 0.5) is 4.39 Å². The van der Waals surface area contributed by atoms with Gasteiger partial charge in [0.1, 0.15) is 5.82 Å². The molecule has 106 valence electrons. The van der Waals surface area contributed by atoms with Crippen LogP contribution < -0.4 is 5.32 Å². The first-order chi connectivity index (χ1) is 9.61. The van der Waals surface area contributed by atoms with E-state index in [9.17, 15) is 4.39 Å². The highest BCUT2D eigenvalue weighted by atomic mass is 35.5. The summed E-state index contributed by atoms with van der Waals surface area (Å²) >= 11 is 5.82. The Kier molecular flexibility index (Phi) is 5.16. The van der Waals surface area contributed by atoms with E-state index in [0.29, 0.717) is 6.04 Å². The summed E-state index contributed by atoms with van der Waals surface area (Å²) in [5.41, 5.74) is 3.21. The molecule has 0 fully saturated rings. The fraction of sp³-hybridized carbons (Fsp3) is 0.294.